The molecule has 1 aromatic heterocycles. The number of phenols is 1. The molecule has 0 aliphatic heterocycles. The quantitative estimate of drug-likeness (QED) is 0.0940. The zero-order valence-electron chi connectivity index (χ0n) is 18.5. The SMILES string of the molecule is NC(N)=NCCCC(NC(=O)C(Cc1ccc(O)cc1)NC(=O)C(N)Cc1cnc[nH]1)C(=O)O. The third kappa shape index (κ3) is 8.78. The van der Waals surface area contributed by atoms with Crippen molar-refractivity contribution in [2.24, 2.45) is 22.2 Å². The van der Waals surface area contributed by atoms with E-state index in [9.17, 15) is 24.6 Å². The highest BCUT2D eigenvalue weighted by Gasteiger charge is 2.28. The van der Waals surface area contributed by atoms with Crippen molar-refractivity contribution >= 4 is 23.7 Å². The summed E-state index contributed by atoms with van der Waals surface area (Å²) in [6.07, 6.45) is 3.61. The Morgan fingerprint density at radius 2 is 1.74 bits per heavy atom. The van der Waals surface area contributed by atoms with E-state index in [0.717, 1.165) is 0 Å². The van der Waals surface area contributed by atoms with Crippen LogP contribution in [0, 0.1) is 0 Å². The molecule has 13 nitrogen and oxygen atoms in total. The number of carbonyl (C=O) groups excluding carboxylic acids is 2. The Labute approximate surface area is 195 Å². The Hall–Kier alpha value is -4.13. The number of aromatic amines is 1. The Morgan fingerprint density at radius 1 is 1.06 bits per heavy atom. The first-order valence-electron chi connectivity index (χ1n) is 10.6. The number of rotatable bonds is 13. The number of aromatic hydroxyl groups is 1. The molecule has 2 rings (SSSR count). The number of aliphatic carboxylic acids is 1. The summed E-state index contributed by atoms with van der Waals surface area (Å²) in [4.78, 5) is 47.8. The number of nitrogens with zero attached hydrogens (tertiary/aromatic N) is 2. The molecule has 0 aliphatic carbocycles. The molecule has 13 heteroatoms. The fourth-order valence-corrected chi connectivity index (χ4v) is 3.11. The van der Waals surface area contributed by atoms with Gasteiger partial charge in [0.05, 0.1) is 12.4 Å². The van der Waals surface area contributed by atoms with E-state index >= 15 is 0 Å². The zero-order chi connectivity index (χ0) is 25.1. The molecular formula is C21H30N8O5. The van der Waals surface area contributed by atoms with Gasteiger partial charge in [0, 0.05) is 31.3 Å². The number of carboxylic acid groups (broad SMARTS) is 1. The van der Waals surface area contributed by atoms with Crippen LogP contribution >= 0.6 is 0 Å². The smallest absolute Gasteiger partial charge is 0.326 e. The molecule has 11 N–H and O–H groups in total. The predicted molar refractivity (Wildman–Crippen MR) is 123 cm³/mol. The molecular weight excluding hydrogens is 444 g/mol. The monoisotopic (exact) mass is 474 g/mol. The van der Waals surface area contributed by atoms with Gasteiger partial charge in [-0.05, 0) is 30.5 Å². The van der Waals surface area contributed by atoms with Crippen molar-refractivity contribution in [3.8, 4) is 5.75 Å². The minimum atomic E-state index is -1.23. The average molecular weight is 475 g/mol. The van der Waals surface area contributed by atoms with Crippen molar-refractivity contribution in [2.45, 2.75) is 43.8 Å². The van der Waals surface area contributed by atoms with E-state index in [1.807, 2.05) is 0 Å². The molecule has 2 amide bonds. The number of hydrogen-bond donors (Lipinski definition) is 8. The first kappa shape index (κ1) is 26.1. The molecule has 0 saturated heterocycles. The topological polar surface area (TPSA) is 235 Å². The van der Waals surface area contributed by atoms with Gasteiger partial charge in [-0.15, -0.1) is 0 Å². The highest BCUT2D eigenvalue weighted by molar-refractivity contribution is 5.92. The van der Waals surface area contributed by atoms with Crippen molar-refractivity contribution in [3.05, 3.63) is 48.0 Å². The molecule has 0 saturated carbocycles. The van der Waals surface area contributed by atoms with Crippen molar-refractivity contribution in [2.75, 3.05) is 6.54 Å². The lowest BCUT2D eigenvalue weighted by atomic mass is 10.0. The second-order valence-electron chi connectivity index (χ2n) is 7.67. The highest BCUT2D eigenvalue weighted by Crippen LogP contribution is 2.12. The number of aliphatic imine (C=N–C) groups is 1. The number of H-pyrrole nitrogens is 1. The van der Waals surface area contributed by atoms with Crippen LogP contribution in [0.4, 0.5) is 0 Å². The molecule has 1 aromatic carbocycles. The molecule has 184 valence electrons. The maximum atomic E-state index is 13.0. The summed E-state index contributed by atoms with van der Waals surface area (Å²) in [5.41, 5.74) is 17.8. The predicted octanol–water partition coefficient (Wildman–Crippen LogP) is -1.66. The van der Waals surface area contributed by atoms with Gasteiger partial charge in [-0.2, -0.15) is 0 Å². The van der Waals surface area contributed by atoms with Gasteiger partial charge in [0.1, 0.15) is 17.8 Å². The lowest BCUT2D eigenvalue weighted by Gasteiger charge is -2.23. The van der Waals surface area contributed by atoms with E-state index in [0.29, 0.717) is 17.7 Å². The summed E-state index contributed by atoms with van der Waals surface area (Å²) in [5.74, 6) is -2.58. The molecule has 0 spiro atoms. The molecule has 0 fully saturated rings. The number of aromatic nitrogens is 2. The molecule has 0 bridgehead atoms. The average Bonchev–Trinajstić information content (AvgIpc) is 3.29. The number of phenolic OH excluding ortho intramolecular Hbond substituents is 1. The summed E-state index contributed by atoms with van der Waals surface area (Å²) < 4.78 is 0. The summed E-state index contributed by atoms with van der Waals surface area (Å²) in [6.45, 7) is 0.206. The number of imidazole rings is 1. The van der Waals surface area contributed by atoms with Crippen LogP contribution in [0.2, 0.25) is 0 Å². The Bertz CT molecular complexity index is 974. The molecule has 0 radical (unpaired) electrons. The van der Waals surface area contributed by atoms with Crippen LogP contribution in [0.5, 0.6) is 5.75 Å². The minimum Gasteiger partial charge on any atom is -0.508 e. The first-order valence-corrected chi connectivity index (χ1v) is 10.6. The van der Waals surface area contributed by atoms with Crippen molar-refractivity contribution in [1.82, 2.24) is 20.6 Å². The number of carboxylic acids is 1. The molecule has 34 heavy (non-hydrogen) atoms. The summed E-state index contributed by atoms with van der Waals surface area (Å²) in [5, 5.41) is 24.0. The van der Waals surface area contributed by atoms with E-state index in [-0.39, 0.29) is 37.5 Å². The maximum Gasteiger partial charge on any atom is 0.326 e. The number of carbonyl (C=O) groups is 3. The van der Waals surface area contributed by atoms with Gasteiger partial charge in [-0.3, -0.25) is 14.6 Å². The van der Waals surface area contributed by atoms with Crippen LogP contribution in [0.1, 0.15) is 24.1 Å². The van der Waals surface area contributed by atoms with E-state index in [2.05, 4.69) is 25.6 Å². The summed E-state index contributed by atoms with van der Waals surface area (Å²) >= 11 is 0. The zero-order valence-corrected chi connectivity index (χ0v) is 18.5. The minimum absolute atomic E-state index is 0.0436. The van der Waals surface area contributed by atoms with Crippen LogP contribution in [-0.2, 0) is 27.2 Å². The van der Waals surface area contributed by atoms with Crippen LogP contribution in [-0.4, -0.2) is 68.6 Å². The van der Waals surface area contributed by atoms with Crippen molar-refractivity contribution in [1.29, 1.82) is 0 Å². The Kier molecular flexibility index (Phi) is 9.83. The Morgan fingerprint density at radius 3 is 2.32 bits per heavy atom. The third-order valence-corrected chi connectivity index (χ3v) is 4.90. The molecule has 1 heterocycles. The van der Waals surface area contributed by atoms with Crippen LogP contribution < -0.4 is 27.8 Å². The van der Waals surface area contributed by atoms with E-state index in [4.69, 9.17) is 17.2 Å². The first-order chi connectivity index (χ1) is 16.2. The number of nitrogens with two attached hydrogens (primary N) is 3. The summed E-state index contributed by atoms with van der Waals surface area (Å²) in [6, 6.07) is 2.79. The molecule has 2 aromatic rings. The number of amides is 2. The van der Waals surface area contributed by atoms with Gasteiger partial charge < -0.3 is 43.0 Å². The molecule has 0 aliphatic rings. The van der Waals surface area contributed by atoms with Gasteiger partial charge in [0.15, 0.2) is 5.96 Å². The van der Waals surface area contributed by atoms with Gasteiger partial charge in [0.2, 0.25) is 11.8 Å². The van der Waals surface area contributed by atoms with E-state index < -0.39 is 35.9 Å². The number of hydrogen-bond acceptors (Lipinski definition) is 7. The lowest BCUT2D eigenvalue weighted by molar-refractivity contribution is -0.142. The van der Waals surface area contributed by atoms with Crippen molar-refractivity contribution < 1.29 is 24.6 Å². The number of nitrogens with one attached hydrogen (secondary N) is 3. The number of benzene rings is 1. The van der Waals surface area contributed by atoms with Gasteiger partial charge in [-0.1, -0.05) is 12.1 Å². The fraction of sp³-hybridized carbons (Fsp3) is 0.381. The van der Waals surface area contributed by atoms with Crippen LogP contribution in [0.15, 0.2) is 41.8 Å². The van der Waals surface area contributed by atoms with Crippen LogP contribution in [0.25, 0.3) is 0 Å². The van der Waals surface area contributed by atoms with Crippen molar-refractivity contribution in [3.63, 3.8) is 0 Å². The largest absolute Gasteiger partial charge is 0.508 e. The van der Waals surface area contributed by atoms with Gasteiger partial charge in [-0.25, -0.2) is 9.78 Å². The molecule has 3 atom stereocenters. The normalized spacial score (nSPS) is 13.3. The van der Waals surface area contributed by atoms with Crippen LogP contribution in [0.3, 0.4) is 0 Å². The Balaban J connectivity index is 2.10. The standard InChI is InChI=1S/C21H30N8O5/c22-15(9-13-10-25-11-27-13)18(31)29-17(8-12-3-5-14(30)6-4-12)19(32)28-16(20(33)34)2-1-7-26-21(23)24/h3-6,10-11,15-17,30H,1-2,7-9,22H2,(H,25,27)(H,28,32)(H,29,31)(H,33,34)(H4,23,24,26). The van der Waals surface area contributed by atoms with Gasteiger partial charge in [0.25, 0.3) is 0 Å². The second kappa shape index (κ2) is 12.8. The van der Waals surface area contributed by atoms with E-state index in [1.54, 1.807) is 12.1 Å². The third-order valence-electron chi connectivity index (χ3n) is 4.90. The van der Waals surface area contributed by atoms with E-state index in [1.165, 1.54) is 24.7 Å². The van der Waals surface area contributed by atoms with Gasteiger partial charge >= 0.3 is 5.97 Å². The highest BCUT2D eigenvalue weighted by atomic mass is 16.4. The fourth-order valence-electron chi connectivity index (χ4n) is 3.11. The lowest BCUT2D eigenvalue weighted by Crippen LogP contribution is -2.55. The summed E-state index contributed by atoms with van der Waals surface area (Å²) in [7, 11) is 0. The molecule has 3 unspecified atom stereocenters. The maximum absolute atomic E-state index is 13.0. The second-order valence-corrected chi connectivity index (χ2v) is 7.67. The number of guanidine groups is 1.